The molecule has 0 bridgehead atoms. The summed E-state index contributed by atoms with van der Waals surface area (Å²) < 4.78 is 39.7. The van der Waals surface area contributed by atoms with E-state index in [0.29, 0.717) is 31.5 Å². The predicted octanol–water partition coefficient (Wildman–Crippen LogP) is 3.12. The average molecular weight is 402 g/mol. The van der Waals surface area contributed by atoms with Crippen molar-refractivity contribution in [2.75, 3.05) is 24.5 Å². The molecule has 5 nitrogen and oxygen atoms in total. The first-order valence-electron chi connectivity index (χ1n) is 9.97. The number of amides is 1. The Bertz CT molecular complexity index is 938. The molecule has 2 saturated heterocycles. The van der Waals surface area contributed by atoms with Crippen LogP contribution in [0.1, 0.15) is 30.7 Å². The van der Waals surface area contributed by atoms with Gasteiger partial charge in [0.2, 0.25) is 11.9 Å². The van der Waals surface area contributed by atoms with Crippen molar-refractivity contribution in [3.8, 4) is 0 Å². The van der Waals surface area contributed by atoms with Gasteiger partial charge >= 0.3 is 0 Å². The Morgan fingerprint density at radius 2 is 1.83 bits per heavy atom. The molecule has 3 aliphatic rings. The smallest absolute Gasteiger partial charge is 0.226 e. The normalized spacial score (nSPS) is 28.6. The zero-order valence-corrected chi connectivity index (χ0v) is 15.8. The highest BCUT2D eigenvalue weighted by molar-refractivity contribution is 5.82. The van der Waals surface area contributed by atoms with Crippen molar-refractivity contribution in [2.24, 2.45) is 11.8 Å². The fourth-order valence-corrected chi connectivity index (χ4v) is 4.88. The van der Waals surface area contributed by atoms with E-state index in [0.717, 1.165) is 37.2 Å². The summed E-state index contributed by atoms with van der Waals surface area (Å²) in [6.07, 6.45) is 4.78. The van der Waals surface area contributed by atoms with Crippen LogP contribution in [0.4, 0.5) is 19.1 Å². The van der Waals surface area contributed by atoms with Gasteiger partial charge in [0.05, 0.1) is 18.4 Å². The number of carbonyl (C=O) groups is 1. The lowest BCUT2D eigenvalue weighted by atomic mass is 9.96. The summed E-state index contributed by atoms with van der Waals surface area (Å²) in [6, 6.07) is 4.20. The summed E-state index contributed by atoms with van der Waals surface area (Å²) in [7, 11) is 0. The van der Waals surface area contributed by atoms with Crippen LogP contribution in [0.15, 0.2) is 30.6 Å². The van der Waals surface area contributed by atoms with Crippen LogP contribution in [0.2, 0.25) is 0 Å². The van der Waals surface area contributed by atoms with E-state index in [-0.39, 0.29) is 23.8 Å². The van der Waals surface area contributed by atoms with E-state index in [9.17, 15) is 18.0 Å². The lowest BCUT2D eigenvalue weighted by molar-refractivity contribution is -0.132. The highest BCUT2D eigenvalue weighted by atomic mass is 19.2. The highest BCUT2D eigenvalue weighted by Gasteiger charge is 2.47. The summed E-state index contributed by atoms with van der Waals surface area (Å²) in [5.41, 5.74) is 0.816. The first kappa shape index (κ1) is 18.4. The van der Waals surface area contributed by atoms with Crippen LogP contribution in [0.3, 0.4) is 0 Å². The zero-order valence-electron chi connectivity index (χ0n) is 15.8. The SMILES string of the molecule is O=C1[C@@H](CC2CC2c2ccc(F)c(F)c2)C[C@H]2CN(c3ncc(F)cn3)CCN12. The summed E-state index contributed by atoms with van der Waals surface area (Å²) in [5.74, 6) is -0.925. The number of aromatic nitrogens is 2. The number of rotatable bonds is 4. The summed E-state index contributed by atoms with van der Waals surface area (Å²) in [4.78, 5) is 24.9. The fraction of sp³-hybridized carbons (Fsp3) is 0.476. The first-order chi connectivity index (χ1) is 14.0. The van der Waals surface area contributed by atoms with Crippen LogP contribution in [-0.4, -0.2) is 46.5 Å². The van der Waals surface area contributed by atoms with Gasteiger partial charge in [0.15, 0.2) is 17.5 Å². The number of hydrogen-bond acceptors (Lipinski definition) is 4. The maximum Gasteiger partial charge on any atom is 0.226 e. The third kappa shape index (κ3) is 3.45. The summed E-state index contributed by atoms with van der Waals surface area (Å²) >= 11 is 0. The quantitative estimate of drug-likeness (QED) is 0.789. The van der Waals surface area contributed by atoms with Crippen molar-refractivity contribution in [2.45, 2.75) is 31.2 Å². The molecular formula is C21H21F3N4O. The Morgan fingerprint density at radius 1 is 1.03 bits per heavy atom. The van der Waals surface area contributed by atoms with Crippen molar-refractivity contribution in [1.82, 2.24) is 14.9 Å². The van der Waals surface area contributed by atoms with Crippen LogP contribution in [-0.2, 0) is 4.79 Å². The van der Waals surface area contributed by atoms with Crippen molar-refractivity contribution in [1.29, 1.82) is 0 Å². The van der Waals surface area contributed by atoms with Gasteiger partial charge in [0.25, 0.3) is 0 Å². The monoisotopic (exact) mass is 402 g/mol. The molecule has 0 N–H and O–H groups in total. The number of halogens is 3. The van der Waals surface area contributed by atoms with Gasteiger partial charge < -0.3 is 9.80 Å². The van der Waals surface area contributed by atoms with Gasteiger partial charge in [-0.2, -0.15) is 0 Å². The molecule has 2 aromatic rings. The number of hydrogen-bond donors (Lipinski definition) is 0. The molecule has 1 aromatic heterocycles. The van der Waals surface area contributed by atoms with Crippen molar-refractivity contribution in [3.63, 3.8) is 0 Å². The predicted molar refractivity (Wildman–Crippen MR) is 99.6 cm³/mol. The maximum absolute atomic E-state index is 13.5. The van der Waals surface area contributed by atoms with Crippen LogP contribution in [0, 0.1) is 29.3 Å². The molecule has 3 heterocycles. The Hall–Kier alpha value is -2.64. The molecule has 2 unspecified atom stereocenters. The van der Waals surface area contributed by atoms with E-state index in [4.69, 9.17) is 0 Å². The zero-order chi connectivity index (χ0) is 20.1. The number of piperazine rings is 1. The fourth-order valence-electron chi connectivity index (χ4n) is 4.88. The van der Waals surface area contributed by atoms with Gasteiger partial charge in [-0.3, -0.25) is 4.79 Å². The molecule has 4 atom stereocenters. The lowest BCUT2D eigenvalue weighted by Crippen LogP contribution is -2.52. The topological polar surface area (TPSA) is 49.3 Å². The van der Waals surface area contributed by atoms with E-state index < -0.39 is 17.5 Å². The number of carbonyl (C=O) groups excluding carboxylic acids is 1. The van der Waals surface area contributed by atoms with Crippen molar-refractivity contribution in [3.05, 3.63) is 53.6 Å². The van der Waals surface area contributed by atoms with Gasteiger partial charge in [-0.1, -0.05) is 6.07 Å². The molecule has 1 aromatic carbocycles. The molecule has 5 rings (SSSR count). The first-order valence-corrected chi connectivity index (χ1v) is 9.97. The minimum Gasteiger partial charge on any atom is -0.337 e. The maximum atomic E-state index is 13.5. The Labute approximate surface area is 166 Å². The molecule has 8 heteroatoms. The van der Waals surface area contributed by atoms with Gasteiger partial charge in [-0.25, -0.2) is 23.1 Å². The van der Waals surface area contributed by atoms with Gasteiger partial charge in [-0.15, -0.1) is 0 Å². The second-order valence-electron chi connectivity index (χ2n) is 8.28. The van der Waals surface area contributed by atoms with Crippen LogP contribution < -0.4 is 4.90 Å². The van der Waals surface area contributed by atoms with Crippen molar-refractivity contribution < 1.29 is 18.0 Å². The van der Waals surface area contributed by atoms with Gasteiger partial charge in [-0.05, 0) is 48.8 Å². The standard InChI is InChI=1S/C21H21F3N4O/c22-15-9-25-21(26-10-15)27-3-4-28-16(11-27)6-14(20(28)29)5-13-7-17(13)12-1-2-18(23)19(24)8-12/h1-2,8-10,13-14,16-17H,3-7,11H2/t13?,14-,16-,17?/m0/s1. The van der Waals surface area contributed by atoms with Crippen LogP contribution in [0.25, 0.3) is 0 Å². The summed E-state index contributed by atoms with van der Waals surface area (Å²) in [6.45, 7) is 1.88. The Balaban J connectivity index is 1.21. The average Bonchev–Trinajstić information content (AvgIpc) is 3.41. The summed E-state index contributed by atoms with van der Waals surface area (Å²) in [5, 5.41) is 0. The molecule has 0 radical (unpaired) electrons. The molecule has 29 heavy (non-hydrogen) atoms. The number of anilines is 1. The molecular weight excluding hydrogens is 381 g/mol. The molecule has 152 valence electrons. The molecule has 1 amide bonds. The molecule has 0 spiro atoms. The van der Waals surface area contributed by atoms with E-state index in [1.54, 1.807) is 6.07 Å². The third-order valence-corrected chi connectivity index (χ3v) is 6.44. The Morgan fingerprint density at radius 3 is 2.59 bits per heavy atom. The number of nitrogens with zero attached hydrogens (tertiary/aromatic N) is 4. The highest BCUT2D eigenvalue weighted by Crippen LogP contribution is 2.52. The van der Waals surface area contributed by atoms with Crippen molar-refractivity contribution >= 4 is 11.9 Å². The largest absolute Gasteiger partial charge is 0.337 e. The van der Waals surface area contributed by atoms with Gasteiger partial charge in [0, 0.05) is 25.6 Å². The van der Waals surface area contributed by atoms with Gasteiger partial charge in [0.1, 0.15) is 0 Å². The molecule has 1 saturated carbocycles. The second kappa shape index (κ2) is 7.00. The second-order valence-corrected chi connectivity index (χ2v) is 8.28. The third-order valence-electron chi connectivity index (χ3n) is 6.44. The molecule has 3 fully saturated rings. The van der Waals surface area contributed by atoms with E-state index in [1.807, 2.05) is 9.80 Å². The number of benzene rings is 1. The van der Waals surface area contributed by atoms with E-state index in [2.05, 4.69) is 9.97 Å². The van der Waals surface area contributed by atoms with E-state index >= 15 is 0 Å². The van der Waals surface area contributed by atoms with Crippen LogP contribution >= 0.6 is 0 Å². The molecule has 1 aliphatic carbocycles. The minimum atomic E-state index is -0.830. The number of fused-ring (bicyclic) bond motifs is 1. The Kier molecular flexibility index (Phi) is 4.44. The van der Waals surface area contributed by atoms with E-state index in [1.165, 1.54) is 12.1 Å². The van der Waals surface area contributed by atoms with Crippen LogP contribution in [0.5, 0.6) is 0 Å². The minimum absolute atomic E-state index is 0.0330. The molecule has 2 aliphatic heterocycles. The lowest BCUT2D eigenvalue weighted by Gasteiger charge is -2.37.